The predicted molar refractivity (Wildman–Crippen MR) is 71.8 cm³/mol. The van der Waals surface area contributed by atoms with E-state index < -0.39 is 0 Å². The topological polar surface area (TPSA) is 32.3 Å². The Balaban J connectivity index is 2.32. The summed E-state index contributed by atoms with van der Waals surface area (Å²) in [6.07, 6.45) is 3.50. The van der Waals surface area contributed by atoms with E-state index in [9.17, 15) is 5.11 Å². The normalized spacial score (nSPS) is 20.8. The number of phenols is 1. The lowest BCUT2D eigenvalue weighted by Crippen LogP contribution is -2.26. The van der Waals surface area contributed by atoms with Crippen molar-refractivity contribution in [1.82, 2.24) is 5.32 Å². The van der Waals surface area contributed by atoms with Crippen LogP contribution >= 0.6 is 11.6 Å². The minimum Gasteiger partial charge on any atom is -0.508 e. The van der Waals surface area contributed by atoms with Gasteiger partial charge in [-0.05, 0) is 43.0 Å². The second-order valence-electron chi connectivity index (χ2n) is 5.09. The fourth-order valence-corrected chi connectivity index (χ4v) is 2.82. The van der Waals surface area contributed by atoms with Crippen molar-refractivity contribution < 1.29 is 5.11 Å². The third-order valence-corrected chi connectivity index (χ3v) is 3.78. The van der Waals surface area contributed by atoms with Gasteiger partial charge in [0.1, 0.15) is 5.75 Å². The Morgan fingerprint density at radius 1 is 1.35 bits per heavy atom. The molecule has 2 N–H and O–H groups in total. The zero-order valence-corrected chi connectivity index (χ0v) is 11.2. The predicted octanol–water partition coefficient (Wildman–Crippen LogP) is 3.98. The van der Waals surface area contributed by atoms with E-state index in [1.54, 1.807) is 0 Å². The fourth-order valence-electron chi connectivity index (χ4n) is 2.43. The number of nitrogens with one attached hydrogen (secondary N) is 1. The first kappa shape index (κ1) is 12.7. The highest BCUT2D eigenvalue weighted by molar-refractivity contribution is 6.31. The molecule has 0 aliphatic carbocycles. The summed E-state index contributed by atoms with van der Waals surface area (Å²) >= 11 is 6.28. The summed E-state index contributed by atoms with van der Waals surface area (Å²) in [5.41, 5.74) is 1.96. The van der Waals surface area contributed by atoms with Crippen LogP contribution in [-0.4, -0.2) is 11.7 Å². The Hall–Kier alpha value is -0.730. The first-order chi connectivity index (χ1) is 8.09. The highest BCUT2D eigenvalue weighted by Gasteiger charge is 2.20. The third-order valence-electron chi connectivity index (χ3n) is 3.45. The van der Waals surface area contributed by atoms with Crippen molar-refractivity contribution >= 4 is 11.6 Å². The molecule has 1 aromatic carbocycles. The van der Waals surface area contributed by atoms with E-state index in [0.717, 1.165) is 29.1 Å². The van der Waals surface area contributed by atoms with Crippen molar-refractivity contribution in [3.63, 3.8) is 0 Å². The van der Waals surface area contributed by atoms with Crippen LogP contribution in [0.3, 0.4) is 0 Å². The maximum atomic E-state index is 10.1. The molecule has 1 aliphatic rings. The van der Waals surface area contributed by atoms with E-state index in [0.29, 0.717) is 11.7 Å². The van der Waals surface area contributed by atoms with Crippen LogP contribution in [0.25, 0.3) is 0 Å². The minimum absolute atomic E-state index is 0.252. The summed E-state index contributed by atoms with van der Waals surface area (Å²) in [7, 11) is 0. The largest absolute Gasteiger partial charge is 0.508 e. The van der Waals surface area contributed by atoms with Crippen molar-refractivity contribution in [3.8, 4) is 5.75 Å². The Morgan fingerprint density at radius 3 is 2.71 bits per heavy atom. The summed E-state index contributed by atoms with van der Waals surface area (Å²) in [6.45, 7) is 5.19. The quantitative estimate of drug-likeness (QED) is 0.836. The molecule has 1 atom stereocenters. The second kappa shape index (κ2) is 5.28. The van der Waals surface area contributed by atoms with Crippen molar-refractivity contribution in [2.24, 2.45) is 0 Å². The maximum Gasteiger partial charge on any atom is 0.120 e. The van der Waals surface area contributed by atoms with Crippen LogP contribution in [0.15, 0.2) is 12.1 Å². The van der Waals surface area contributed by atoms with E-state index in [2.05, 4.69) is 19.2 Å². The minimum atomic E-state index is 0.252. The van der Waals surface area contributed by atoms with Crippen LogP contribution in [0.4, 0.5) is 0 Å². The van der Waals surface area contributed by atoms with E-state index >= 15 is 0 Å². The maximum absolute atomic E-state index is 10.1. The molecule has 0 bridgehead atoms. The van der Waals surface area contributed by atoms with Crippen LogP contribution in [0.1, 0.15) is 56.2 Å². The molecular formula is C14H20ClNO. The zero-order chi connectivity index (χ0) is 12.4. The van der Waals surface area contributed by atoms with Crippen LogP contribution in [0, 0.1) is 0 Å². The molecule has 2 nitrogen and oxygen atoms in total. The molecule has 1 aliphatic heterocycles. The van der Waals surface area contributed by atoms with Gasteiger partial charge in [-0.2, -0.15) is 0 Å². The molecule has 0 radical (unpaired) electrons. The highest BCUT2D eigenvalue weighted by Crippen LogP contribution is 2.36. The van der Waals surface area contributed by atoms with Gasteiger partial charge in [-0.3, -0.25) is 0 Å². The van der Waals surface area contributed by atoms with E-state index in [4.69, 9.17) is 11.6 Å². The molecule has 94 valence electrons. The number of aromatic hydroxyl groups is 1. The average Bonchev–Trinajstić information content (AvgIpc) is 2.32. The zero-order valence-electron chi connectivity index (χ0n) is 10.5. The second-order valence-corrected chi connectivity index (χ2v) is 5.50. The van der Waals surface area contributed by atoms with E-state index in [1.807, 2.05) is 12.1 Å². The summed E-state index contributed by atoms with van der Waals surface area (Å²) in [6, 6.07) is 4.00. The molecule has 2 rings (SSSR count). The molecule has 1 aromatic rings. The van der Waals surface area contributed by atoms with E-state index in [1.165, 1.54) is 12.8 Å². The van der Waals surface area contributed by atoms with Gasteiger partial charge in [0.05, 0.1) is 0 Å². The van der Waals surface area contributed by atoms with Crippen molar-refractivity contribution in [2.45, 2.75) is 45.1 Å². The molecule has 0 amide bonds. The third kappa shape index (κ3) is 2.75. The van der Waals surface area contributed by atoms with Gasteiger partial charge < -0.3 is 10.4 Å². The van der Waals surface area contributed by atoms with Crippen molar-refractivity contribution in [1.29, 1.82) is 0 Å². The van der Waals surface area contributed by atoms with Crippen LogP contribution in [-0.2, 0) is 0 Å². The van der Waals surface area contributed by atoms with Gasteiger partial charge in [0.15, 0.2) is 0 Å². The molecule has 3 heteroatoms. The first-order valence-electron chi connectivity index (χ1n) is 6.35. The number of benzene rings is 1. The van der Waals surface area contributed by atoms with Gasteiger partial charge in [0, 0.05) is 16.6 Å². The number of piperidine rings is 1. The standard InChI is InChI=1S/C14H20ClNO/c1-9(2)10-8-14(17)11(7-12(10)15)13-5-3-4-6-16-13/h7-9,13,16-17H,3-6H2,1-2H3. The van der Waals surface area contributed by atoms with Gasteiger partial charge in [0.25, 0.3) is 0 Å². The number of hydrogen-bond acceptors (Lipinski definition) is 2. The average molecular weight is 254 g/mol. The smallest absolute Gasteiger partial charge is 0.120 e. The Labute approximate surface area is 108 Å². The van der Waals surface area contributed by atoms with Gasteiger partial charge in [-0.1, -0.05) is 31.9 Å². The van der Waals surface area contributed by atoms with Gasteiger partial charge in [-0.25, -0.2) is 0 Å². The summed E-state index contributed by atoms with van der Waals surface area (Å²) in [4.78, 5) is 0. The number of halogens is 1. The Morgan fingerprint density at radius 2 is 2.12 bits per heavy atom. The van der Waals surface area contributed by atoms with Gasteiger partial charge >= 0.3 is 0 Å². The number of hydrogen-bond donors (Lipinski definition) is 2. The molecule has 0 saturated carbocycles. The van der Waals surface area contributed by atoms with Crippen LogP contribution in [0.2, 0.25) is 5.02 Å². The lowest BCUT2D eigenvalue weighted by atomic mass is 9.93. The molecule has 1 fully saturated rings. The highest BCUT2D eigenvalue weighted by atomic mass is 35.5. The van der Waals surface area contributed by atoms with Gasteiger partial charge in [0.2, 0.25) is 0 Å². The Bertz CT molecular complexity index is 397. The monoisotopic (exact) mass is 253 g/mol. The molecule has 17 heavy (non-hydrogen) atoms. The lowest BCUT2D eigenvalue weighted by molar-refractivity contribution is 0.390. The molecule has 0 aromatic heterocycles. The summed E-state index contributed by atoms with van der Waals surface area (Å²) in [5.74, 6) is 0.708. The molecular weight excluding hydrogens is 234 g/mol. The summed E-state index contributed by atoms with van der Waals surface area (Å²) in [5, 5.41) is 14.3. The van der Waals surface area contributed by atoms with Crippen molar-refractivity contribution in [2.75, 3.05) is 6.54 Å². The van der Waals surface area contributed by atoms with Crippen LogP contribution in [0.5, 0.6) is 5.75 Å². The van der Waals surface area contributed by atoms with E-state index in [-0.39, 0.29) is 6.04 Å². The SMILES string of the molecule is CC(C)c1cc(O)c(C2CCCCN2)cc1Cl. The molecule has 0 spiro atoms. The molecule has 1 unspecified atom stereocenters. The van der Waals surface area contributed by atoms with Crippen LogP contribution < -0.4 is 5.32 Å². The van der Waals surface area contributed by atoms with Gasteiger partial charge in [-0.15, -0.1) is 0 Å². The Kier molecular flexibility index (Phi) is 3.95. The lowest BCUT2D eigenvalue weighted by Gasteiger charge is -2.25. The molecule has 1 heterocycles. The first-order valence-corrected chi connectivity index (χ1v) is 6.73. The fraction of sp³-hybridized carbons (Fsp3) is 0.571. The van der Waals surface area contributed by atoms with Crippen molar-refractivity contribution in [3.05, 3.63) is 28.3 Å². The summed E-state index contributed by atoms with van der Waals surface area (Å²) < 4.78 is 0. The number of rotatable bonds is 2. The molecule has 1 saturated heterocycles. The number of phenolic OH excluding ortho intramolecular Hbond substituents is 1.